The second-order valence-electron chi connectivity index (χ2n) is 9.85. The van der Waals surface area contributed by atoms with Gasteiger partial charge in [0.05, 0.1) is 0 Å². The number of nitrogens with one attached hydrogen (secondary N) is 2. The fourth-order valence-corrected chi connectivity index (χ4v) is 4.78. The standard InChI is InChI=1S/C28H38FN3O2/c1-21-4-6-23(7-5-21)20-28(32(2)3)17-14-25(15-18-28)31-27(34)13-12-26(33)30-19-16-22-8-10-24(29)11-9-22/h4-11,25H,12-20H2,1-3H3,(H,30,33)(H,31,34). The maximum absolute atomic E-state index is 12.9. The Morgan fingerprint density at radius 1 is 0.941 bits per heavy atom. The molecule has 0 aliphatic heterocycles. The molecule has 184 valence electrons. The minimum absolute atomic E-state index is 0.0606. The molecule has 5 nitrogen and oxygen atoms in total. The molecule has 0 spiro atoms. The number of amides is 2. The van der Waals surface area contributed by atoms with Gasteiger partial charge in [0.25, 0.3) is 0 Å². The molecule has 0 unspecified atom stereocenters. The minimum atomic E-state index is -0.268. The Kier molecular flexibility index (Phi) is 9.22. The molecule has 1 fully saturated rings. The molecule has 2 aromatic carbocycles. The Bertz CT molecular complexity index is 933. The van der Waals surface area contributed by atoms with Gasteiger partial charge in [-0.05, 0) is 82.8 Å². The van der Waals surface area contributed by atoms with Gasteiger partial charge < -0.3 is 15.5 Å². The summed E-state index contributed by atoms with van der Waals surface area (Å²) >= 11 is 0. The largest absolute Gasteiger partial charge is 0.356 e. The maximum atomic E-state index is 12.9. The number of halogens is 1. The zero-order chi connectivity index (χ0) is 24.6. The van der Waals surface area contributed by atoms with Crippen LogP contribution in [-0.2, 0) is 22.4 Å². The van der Waals surface area contributed by atoms with Crippen molar-refractivity contribution in [3.63, 3.8) is 0 Å². The van der Waals surface area contributed by atoms with E-state index in [-0.39, 0.29) is 42.1 Å². The molecule has 1 saturated carbocycles. The van der Waals surface area contributed by atoms with Gasteiger partial charge in [-0.1, -0.05) is 42.0 Å². The zero-order valence-electron chi connectivity index (χ0n) is 20.7. The van der Waals surface area contributed by atoms with E-state index >= 15 is 0 Å². The molecular weight excluding hydrogens is 429 g/mol. The Morgan fingerprint density at radius 3 is 2.15 bits per heavy atom. The highest BCUT2D eigenvalue weighted by atomic mass is 19.1. The molecule has 2 aromatic rings. The Morgan fingerprint density at radius 2 is 1.53 bits per heavy atom. The van der Waals surface area contributed by atoms with E-state index < -0.39 is 0 Å². The number of hydrogen-bond acceptors (Lipinski definition) is 3. The van der Waals surface area contributed by atoms with Gasteiger partial charge in [-0.15, -0.1) is 0 Å². The highest BCUT2D eigenvalue weighted by Gasteiger charge is 2.37. The number of hydrogen-bond donors (Lipinski definition) is 2. The number of carbonyl (C=O) groups excluding carboxylic acids is 2. The van der Waals surface area contributed by atoms with E-state index in [1.807, 2.05) is 0 Å². The molecule has 0 saturated heterocycles. The van der Waals surface area contributed by atoms with E-state index in [9.17, 15) is 14.0 Å². The van der Waals surface area contributed by atoms with Crippen LogP contribution in [0.2, 0.25) is 0 Å². The molecule has 1 aliphatic rings. The van der Waals surface area contributed by atoms with Crippen LogP contribution in [0.3, 0.4) is 0 Å². The topological polar surface area (TPSA) is 61.4 Å². The average Bonchev–Trinajstić information content (AvgIpc) is 2.82. The van der Waals surface area contributed by atoms with Crippen molar-refractivity contribution in [3.05, 3.63) is 71.0 Å². The molecule has 2 amide bonds. The van der Waals surface area contributed by atoms with Gasteiger partial charge in [0.2, 0.25) is 11.8 Å². The molecule has 0 aromatic heterocycles. The zero-order valence-corrected chi connectivity index (χ0v) is 20.7. The lowest BCUT2D eigenvalue weighted by atomic mass is 9.74. The summed E-state index contributed by atoms with van der Waals surface area (Å²) in [5.74, 6) is -0.462. The van der Waals surface area contributed by atoms with E-state index in [4.69, 9.17) is 0 Å². The van der Waals surface area contributed by atoms with Crippen LogP contribution in [0.5, 0.6) is 0 Å². The van der Waals surface area contributed by atoms with Crippen LogP contribution in [0.1, 0.15) is 55.2 Å². The molecule has 34 heavy (non-hydrogen) atoms. The van der Waals surface area contributed by atoms with Crippen molar-refractivity contribution in [1.29, 1.82) is 0 Å². The van der Waals surface area contributed by atoms with E-state index in [2.05, 4.69) is 60.8 Å². The average molecular weight is 468 g/mol. The SMILES string of the molecule is Cc1ccc(CC2(N(C)C)CCC(NC(=O)CCC(=O)NCCc3ccc(F)cc3)CC2)cc1. The van der Waals surface area contributed by atoms with Crippen LogP contribution in [0.4, 0.5) is 4.39 Å². The van der Waals surface area contributed by atoms with Crippen LogP contribution in [0.15, 0.2) is 48.5 Å². The second kappa shape index (κ2) is 12.1. The Hall–Kier alpha value is -2.73. The van der Waals surface area contributed by atoms with Crippen LogP contribution in [0.25, 0.3) is 0 Å². The highest BCUT2D eigenvalue weighted by molar-refractivity contribution is 5.83. The van der Waals surface area contributed by atoms with Gasteiger partial charge in [-0.3, -0.25) is 9.59 Å². The van der Waals surface area contributed by atoms with Crippen LogP contribution >= 0.6 is 0 Å². The minimum Gasteiger partial charge on any atom is -0.356 e. The van der Waals surface area contributed by atoms with Crippen molar-refractivity contribution >= 4 is 11.8 Å². The molecule has 0 heterocycles. The first-order valence-corrected chi connectivity index (χ1v) is 12.3. The lowest BCUT2D eigenvalue weighted by molar-refractivity contribution is -0.127. The summed E-state index contributed by atoms with van der Waals surface area (Å²) in [5, 5.41) is 5.97. The van der Waals surface area contributed by atoms with Crippen molar-refractivity contribution in [2.75, 3.05) is 20.6 Å². The third kappa shape index (κ3) is 7.66. The number of benzene rings is 2. The van der Waals surface area contributed by atoms with E-state index in [1.54, 1.807) is 12.1 Å². The predicted octanol–water partition coefficient (Wildman–Crippen LogP) is 4.17. The number of rotatable bonds is 10. The van der Waals surface area contributed by atoms with E-state index in [0.717, 1.165) is 37.7 Å². The molecule has 0 bridgehead atoms. The second-order valence-corrected chi connectivity index (χ2v) is 9.85. The van der Waals surface area contributed by atoms with Gasteiger partial charge in [0, 0.05) is 31.0 Å². The summed E-state index contributed by atoms with van der Waals surface area (Å²) in [6.07, 6.45) is 5.97. The fraction of sp³-hybridized carbons (Fsp3) is 0.500. The summed E-state index contributed by atoms with van der Waals surface area (Å²) in [7, 11) is 4.31. The Labute approximate surface area is 203 Å². The Balaban J connectivity index is 1.37. The summed E-state index contributed by atoms with van der Waals surface area (Å²) in [4.78, 5) is 26.9. The maximum Gasteiger partial charge on any atom is 0.220 e. The summed E-state index contributed by atoms with van der Waals surface area (Å²) in [6, 6.07) is 15.2. The third-order valence-corrected chi connectivity index (χ3v) is 7.11. The van der Waals surface area contributed by atoms with Gasteiger partial charge in [-0.25, -0.2) is 4.39 Å². The molecule has 0 radical (unpaired) electrons. The van der Waals surface area contributed by atoms with Crippen molar-refractivity contribution in [2.45, 2.75) is 69.9 Å². The van der Waals surface area contributed by atoms with Gasteiger partial charge in [0.1, 0.15) is 5.82 Å². The lowest BCUT2D eigenvalue weighted by Crippen LogP contribution is -2.52. The lowest BCUT2D eigenvalue weighted by Gasteiger charge is -2.45. The van der Waals surface area contributed by atoms with Crippen LogP contribution < -0.4 is 10.6 Å². The molecule has 6 heteroatoms. The molecule has 0 atom stereocenters. The summed E-state index contributed by atoms with van der Waals surface area (Å²) in [6.45, 7) is 2.58. The monoisotopic (exact) mass is 467 g/mol. The number of carbonyl (C=O) groups is 2. The number of aryl methyl sites for hydroxylation is 1. The molecule has 3 rings (SSSR count). The summed E-state index contributed by atoms with van der Waals surface area (Å²) in [5.41, 5.74) is 3.71. The van der Waals surface area contributed by atoms with E-state index in [0.29, 0.717) is 13.0 Å². The quantitative estimate of drug-likeness (QED) is 0.551. The fourth-order valence-electron chi connectivity index (χ4n) is 4.78. The van der Waals surface area contributed by atoms with Crippen molar-refractivity contribution in [3.8, 4) is 0 Å². The van der Waals surface area contributed by atoms with Crippen molar-refractivity contribution < 1.29 is 14.0 Å². The smallest absolute Gasteiger partial charge is 0.220 e. The predicted molar refractivity (Wildman–Crippen MR) is 134 cm³/mol. The first kappa shape index (κ1) is 25.9. The normalized spacial score (nSPS) is 20.2. The van der Waals surface area contributed by atoms with Crippen LogP contribution in [0, 0.1) is 12.7 Å². The van der Waals surface area contributed by atoms with Gasteiger partial charge in [-0.2, -0.15) is 0 Å². The van der Waals surface area contributed by atoms with Gasteiger partial charge >= 0.3 is 0 Å². The third-order valence-electron chi connectivity index (χ3n) is 7.11. The van der Waals surface area contributed by atoms with Crippen molar-refractivity contribution in [1.82, 2.24) is 15.5 Å². The van der Waals surface area contributed by atoms with Gasteiger partial charge in [0.15, 0.2) is 0 Å². The summed E-state index contributed by atoms with van der Waals surface area (Å²) < 4.78 is 12.9. The molecular formula is C28H38FN3O2. The van der Waals surface area contributed by atoms with Crippen LogP contribution in [-0.4, -0.2) is 48.9 Å². The first-order valence-electron chi connectivity index (χ1n) is 12.3. The molecule has 1 aliphatic carbocycles. The highest BCUT2D eigenvalue weighted by Crippen LogP contribution is 2.35. The van der Waals surface area contributed by atoms with E-state index in [1.165, 1.54) is 23.3 Å². The number of nitrogens with zero attached hydrogens (tertiary/aromatic N) is 1. The first-order chi connectivity index (χ1) is 16.3. The molecule has 2 N–H and O–H groups in total. The van der Waals surface area contributed by atoms with Crippen molar-refractivity contribution in [2.24, 2.45) is 0 Å². The number of likely N-dealkylation sites (N-methyl/N-ethyl adjacent to an activating group) is 1.